The van der Waals surface area contributed by atoms with Crippen LogP contribution in [0.4, 0.5) is 0 Å². The van der Waals surface area contributed by atoms with Crippen molar-refractivity contribution in [2.45, 2.75) is 171 Å². The van der Waals surface area contributed by atoms with Crippen LogP contribution in [-0.2, 0) is 32.5 Å². The second kappa shape index (κ2) is 12.9. The van der Waals surface area contributed by atoms with Crippen LogP contribution in [0.2, 0.25) is 0 Å². The fourth-order valence-electron chi connectivity index (χ4n) is 7.29. The standard InChI is InChI=1S/C44H67O3P/c1-26-21-29(39(3,4)5)34(30(22-26)40(6,7)8)28-25-33(47-48(45)46)38(44(18,19)20)36(37(28)43(15,16)17)35-31(41(9,10)11)23-27(2)24-32(35)42(12,13)14/h21-25,45-46H,1-20H3. The number of hydrogen-bond acceptors (Lipinski definition) is 3. The predicted octanol–water partition coefficient (Wildman–Crippen LogP) is 13.0. The molecule has 0 bridgehead atoms. The predicted molar refractivity (Wildman–Crippen MR) is 211 cm³/mol. The van der Waals surface area contributed by atoms with E-state index in [2.05, 4.69) is 169 Å². The number of benzene rings is 3. The minimum absolute atomic E-state index is 0.155. The van der Waals surface area contributed by atoms with Crippen LogP contribution in [0.25, 0.3) is 22.3 Å². The van der Waals surface area contributed by atoms with E-state index in [1.54, 1.807) is 0 Å². The van der Waals surface area contributed by atoms with Gasteiger partial charge >= 0.3 is 8.60 Å². The second-order valence-electron chi connectivity index (χ2n) is 20.4. The maximum atomic E-state index is 10.6. The Hall–Kier alpha value is -2.19. The molecular weight excluding hydrogens is 607 g/mol. The lowest BCUT2D eigenvalue weighted by Gasteiger charge is -2.40. The molecule has 0 aliphatic carbocycles. The fraction of sp³-hybridized carbons (Fsp3) is 0.591. The first-order valence-electron chi connectivity index (χ1n) is 17.7. The molecule has 0 aromatic heterocycles. The van der Waals surface area contributed by atoms with E-state index in [-0.39, 0.29) is 27.1 Å². The average Bonchev–Trinajstić information content (AvgIpc) is 2.83. The zero-order valence-corrected chi connectivity index (χ0v) is 35.0. The molecule has 3 nitrogen and oxygen atoms in total. The first-order chi connectivity index (χ1) is 21.3. The summed E-state index contributed by atoms with van der Waals surface area (Å²) in [5, 5.41) is 0. The van der Waals surface area contributed by atoms with E-state index in [0.717, 1.165) is 16.7 Å². The van der Waals surface area contributed by atoms with E-state index in [1.807, 2.05) is 0 Å². The summed E-state index contributed by atoms with van der Waals surface area (Å²) >= 11 is 0. The fourth-order valence-corrected chi connectivity index (χ4v) is 7.61. The lowest BCUT2D eigenvalue weighted by atomic mass is 9.64. The van der Waals surface area contributed by atoms with Crippen LogP contribution in [0.1, 0.15) is 169 Å². The molecule has 0 saturated heterocycles. The van der Waals surface area contributed by atoms with Gasteiger partial charge in [0, 0.05) is 5.56 Å². The van der Waals surface area contributed by atoms with E-state index in [1.165, 1.54) is 50.1 Å². The van der Waals surface area contributed by atoms with Crippen LogP contribution >= 0.6 is 8.60 Å². The molecule has 48 heavy (non-hydrogen) atoms. The molecule has 0 amide bonds. The maximum Gasteiger partial charge on any atom is 0.391 e. The van der Waals surface area contributed by atoms with Gasteiger partial charge in [-0.1, -0.05) is 160 Å². The Balaban J connectivity index is 3.03. The van der Waals surface area contributed by atoms with Gasteiger partial charge in [-0.15, -0.1) is 0 Å². The lowest BCUT2D eigenvalue weighted by Crippen LogP contribution is -2.27. The zero-order chi connectivity index (χ0) is 37.3. The Labute approximate surface area is 295 Å². The summed E-state index contributed by atoms with van der Waals surface area (Å²) in [5.41, 5.74) is 13.3. The van der Waals surface area contributed by atoms with Crippen molar-refractivity contribution < 1.29 is 14.3 Å². The summed E-state index contributed by atoms with van der Waals surface area (Å²) in [5.74, 6) is 0.539. The largest absolute Gasteiger partial charge is 0.427 e. The molecule has 3 rings (SSSR count). The smallest absolute Gasteiger partial charge is 0.391 e. The summed E-state index contributed by atoms with van der Waals surface area (Å²) < 4.78 is 6.19. The Morgan fingerprint density at radius 2 is 0.729 bits per heavy atom. The van der Waals surface area contributed by atoms with Gasteiger partial charge in [0.15, 0.2) is 0 Å². The molecule has 0 saturated carbocycles. The minimum atomic E-state index is -2.67. The molecule has 266 valence electrons. The van der Waals surface area contributed by atoms with Crippen LogP contribution < -0.4 is 4.52 Å². The number of aryl methyl sites for hydroxylation is 2. The molecule has 0 aliphatic heterocycles. The normalized spacial score (nSPS) is 13.8. The van der Waals surface area contributed by atoms with Gasteiger partial charge in [-0.3, -0.25) is 0 Å². The van der Waals surface area contributed by atoms with Crippen LogP contribution in [-0.4, -0.2) is 9.79 Å². The molecule has 3 aromatic carbocycles. The summed E-state index contributed by atoms with van der Waals surface area (Å²) in [6.07, 6.45) is 0. The molecule has 0 fully saturated rings. The third-order valence-corrected chi connectivity index (χ3v) is 9.65. The quantitative estimate of drug-likeness (QED) is 0.271. The molecule has 2 N–H and O–H groups in total. The molecular formula is C44H67O3P. The van der Waals surface area contributed by atoms with Crippen molar-refractivity contribution >= 4 is 8.60 Å². The van der Waals surface area contributed by atoms with Crippen molar-refractivity contribution in [3.63, 3.8) is 0 Å². The van der Waals surface area contributed by atoms with E-state index >= 15 is 0 Å². The third kappa shape index (κ3) is 8.39. The van der Waals surface area contributed by atoms with Crippen molar-refractivity contribution in [1.82, 2.24) is 0 Å². The maximum absolute atomic E-state index is 10.6. The molecule has 0 atom stereocenters. The Bertz CT molecular complexity index is 1600. The van der Waals surface area contributed by atoms with E-state index in [0.29, 0.717) is 5.75 Å². The first-order valence-corrected chi connectivity index (χ1v) is 18.8. The first kappa shape index (κ1) is 40.2. The molecule has 0 heterocycles. The molecule has 0 aliphatic rings. The average molecular weight is 675 g/mol. The summed E-state index contributed by atoms with van der Waals surface area (Å²) in [6, 6.07) is 11.6. The molecule has 0 radical (unpaired) electrons. The topological polar surface area (TPSA) is 49.7 Å². The zero-order valence-electron chi connectivity index (χ0n) is 34.1. The number of hydrogen-bond donors (Lipinski definition) is 2. The van der Waals surface area contributed by atoms with E-state index in [4.69, 9.17) is 4.52 Å². The Morgan fingerprint density at radius 1 is 0.417 bits per heavy atom. The highest BCUT2D eigenvalue weighted by Gasteiger charge is 2.40. The SMILES string of the molecule is Cc1cc(C(C)(C)C)c(-c2cc(OP(O)O)c(C(C)(C)C)c(-c3c(C(C)(C)C)cc(C)cc3C(C)(C)C)c2C(C)(C)C)c(C(C)(C)C)c1. The van der Waals surface area contributed by atoms with Gasteiger partial charge < -0.3 is 14.3 Å². The highest BCUT2D eigenvalue weighted by molar-refractivity contribution is 7.39. The van der Waals surface area contributed by atoms with Gasteiger partial charge in [0.1, 0.15) is 5.75 Å². The second-order valence-corrected chi connectivity index (χ2v) is 21.0. The van der Waals surface area contributed by atoms with Gasteiger partial charge in [-0.05, 0) is 102 Å². The lowest BCUT2D eigenvalue weighted by molar-refractivity contribution is 0.370. The summed E-state index contributed by atoms with van der Waals surface area (Å²) in [4.78, 5) is 21.1. The van der Waals surface area contributed by atoms with Crippen molar-refractivity contribution in [2.24, 2.45) is 0 Å². The Kier molecular flexibility index (Phi) is 10.8. The van der Waals surface area contributed by atoms with Crippen molar-refractivity contribution in [3.05, 3.63) is 74.8 Å². The Morgan fingerprint density at radius 3 is 1.00 bits per heavy atom. The monoisotopic (exact) mass is 674 g/mol. The van der Waals surface area contributed by atoms with E-state index in [9.17, 15) is 9.79 Å². The highest BCUT2D eigenvalue weighted by atomic mass is 31.2. The van der Waals surface area contributed by atoms with Gasteiger partial charge in [-0.25, -0.2) is 0 Å². The van der Waals surface area contributed by atoms with Gasteiger partial charge in [0.2, 0.25) is 0 Å². The van der Waals surface area contributed by atoms with Crippen LogP contribution in [0.3, 0.4) is 0 Å². The van der Waals surface area contributed by atoms with Gasteiger partial charge in [-0.2, -0.15) is 0 Å². The minimum Gasteiger partial charge on any atom is -0.427 e. The molecule has 4 heteroatoms. The van der Waals surface area contributed by atoms with Crippen LogP contribution in [0, 0.1) is 13.8 Å². The summed E-state index contributed by atoms with van der Waals surface area (Å²) in [6.45, 7) is 45.7. The number of rotatable bonds is 4. The highest BCUT2D eigenvalue weighted by Crippen LogP contribution is 2.56. The van der Waals surface area contributed by atoms with Crippen LogP contribution in [0.5, 0.6) is 5.75 Å². The molecule has 0 spiro atoms. The van der Waals surface area contributed by atoms with E-state index < -0.39 is 14.0 Å². The molecule has 0 unspecified atom stereocenters. The van der Waals surface area contributed by atoms with Crippen molar-refractivity contribution in [2.75, 3.05) is 0 Å². The van der Waals surface area contributed by atoms with Gasteiger partial charge in [0.05, 0.1) is 0 Å². The third-order valence-electron chi connectivity index (χ3n) is 9.29. The van der Waals surface area contributed by atoms with Gasteiger partial charge in [0.25, 0.3) is 0 Å². The van der Waals surface area contributed by atoms with Crippen molar-refractivity contribution in [3.8, 4) is 28.0 Å². The van der Waals surface area contributed by atoms with Crippen molar-refractivity contribution in [1.29, 1.82) is 0 Å². The van der Waals surface area contributed by atoms with Crippen LogP contribution in [0.15, 0.2) is 30.3 Å². The molecule has 3 aromatic rings. The summed E-state index contributed by atoms with van der Waals surface area (Å²) in [7, 11) is -2.67.